The van der Waals surface area contributed by atoms with Crippen LogP contribution in [0, 0.1) is 0 Å². The molecule has 19 heavy (non-hydrogen) atoms. The Balaban J connectivity index is 2.09. The van der Waals surface area contributed by atoms with Crippen LogP contribution in [0.3, 0.4) is 0 Å². The van der Waals surface area contributed by atoms with Crippen molar-refractivity contribution in [2.24, 2.45) is 0 Å². The van der Waals surface area contributed by atoms with Crippen LogP contribution in [0.25, 0.3) is 11.5 Å². The molecule has 1 aromatic carbocycles. The van der Waals surface area contributed by atoms with Crippen molar-refractivity contribution in [1.82, 2.24) is 10.2 Å². The summed E-state index contributed by atoms with van der Waals surface area (Å²) in [7, 11) is 0. The number of hydrogen-bond acceptors (Lipinski definition) is 4. The van der Waals surface area contributed by atoms with Gasteiger partial charge in [0.2, 0.25) is 11.8 Å². The summed E-state index contributed by atoms with van der Waals surface area (Å²) >= 11 is 0. The number of unbranched alkanes of at least 4 members (excludes halogenated alkanes) is 1. The fraction of sp³-hybridized carbons (Fsp3) is 0.357. The normalized spacial score (nSPS) is 10.6. The molecule has 1 heterocycles. The second kappa shape index (κ2) is 6.13. The van der Waals surface area contributed by atoms with Crippen LogP contribution in [0.15, 0.2) is 28.7 Å². The van der Waals surface area contributed by atoms with Gasteiger partial charge in [-0.25, -0.2) is 0 Å². The number of benzene rings is 1. The van der Waals surface area contributed by atoms with Gasteiger partial charge in [0.25, 0.3) is 0 Å². The zero-order valence-corrected chi connectivity index (χ0v) is 10.8. The molecule has 0 unspecified atom stereocenters. The molecule has 1 N–H and O–H groups in total. The number of carboxylic acids is 1. The number of rotatable bonds is 6. The summed E-state index contributed by atoms with van der Waals surface area (Å²) in [5.41, 5.74) is 2.08. The van der Waals surface area contributed by atoms with Crippen LogP contribution in [0.1, 0.15) is 31.2 Å². The Morgan fingerprint density at radius 1 is 1.26 bits per heavy atom. The van der Waals surface area contributed by atoms with E-state index in [4.69, 9.17) is 9.52 Å². The highest BCUT2D eigenvalue weighted by molar-refractivity contribution is 5.68. The third-order valence-corrected chi connectivity index (χ3v) is 2.79. The van der Waals surface area contributed by atoms with E-state index in [0.717, 1.165) is 12.0 Å². The van der Waals surface area contributed by atoms with Gasteiger partial charge in [0.15, 0.2) is 0 Å². The van der Waals surface area contributed by atoms with Crippen LogP contribution in [-0.4, -0.2) is 21.3 Å². The minimum absolute atomic E-state index is 0.123. The molecule has 0 aliphatic carbocycles. The monoisotopic (exact) mass is 260 g/mol. The number of aromatic nitrogens is 2. The topological polar surface area (TPSA) is 76.2 Å². The van der Waals surface area contributed by atoms with E-state index in [1.54, 1.807) is 0 Å². The molecular weight excluding hydrogens is 244 g/mol. The highest BCUT2D eigenvalue weighted by Gasteiger charge is 2.11. The van der Waals surface area contributed by atoms with E-state index < -0.39 is 5.97 Å². The van der Waals surface area contributed by atoms with Gasteiger partial charge in [-0.2, -0.15) is 0 Å². The van der Waals surface area contributed by atoms with Gasteiger partial charge in [0, 0.05) is 5.56 Å². The summed E-state index contributed by atoms with van der Waals surface area (Å²) in [6.07, 6.45) is 3.15. The van der Waals surface area contributed by atoms with Crippen LogP contribution in [0.5, 0.6) is 0 Å². The first-order valence-corrected chi connectivity index (χ1v) is 6.32. The summed E-state index contributed by atoms with van der Waals surface area (Å²) in [5, 5.41) is 16.2. The fourth-order valence-electron chi connectivity index (χ4n) is 1.77. The Hall–Kier alpha value is -2.17. The number of aryl methyl sites for hydroxylation is 1. The Bertz CT molecular complexity index is 546. The maximum absolute atomic E-state index is 10.5. The smallest absolute Gasteiger partial charge is 0.312 e. The molecule has 100 valence electrons. The van der Waals surface area contributed by atoms with Gasteiger partial charge in [-0.3, -0.25) is 4.79 Å². The summed E-state index contributed by atoms with van der Waals surface area (Å²) in [5.74, 6) is -0.499. The maximum atomic E-state index is 10.5. The number of hydrogen-bond donors (Lipinski definition) is 1. The third-order valence-electron chi connectivity index (χ3n) is 2.79. The van der Waals surface area contributed by atoms with Crippen LogP contribution < -0.4 is 0 Å². The van der Waals surface area contributed by atoms with Crippen molar-refractivity contribution in [2.75, 3.05) is 0 Å². The first kappa shape index (κ1) is 13.3. The Morgan fingerprint density at radius 2 is 2.00 bits per heavy atom. The van der Waals surface area contributed by atoms with Crippen molar-refractivity contribution in [3.63, 3.8) is 0 Å². The van der Waals surface area contributed by atoms with E-state index in [9.17, 15) is 4.79 Å². The third kappa shape index (κ3) is 3.64. The highest BCUT2D eigenvalue weighted by Crippen LogP contribution is 2.19. The van der Waals surface area contributed by atoms with Gasteiger partial charge < -0.3 is 9.52 Å². The predicted octanol–water partition coefficient (Wildman–Crippen LogP) is 2.71. The minimum Gasteiger partial charge on any atom is -0.481 e. The summed E-state index contributed by atoms with van der Waals surface area (Å²) in [6, 6.07) is 7.91. The zero-order valence-electron chi connectivity index (χ0n) is 10.8. The van der Waals surface area contributed by atoms with Gasteiger partial charge >= 0.3 is 5.97 Å². The number of nitrogens with zero attached hydrogens (tertiary/aromatic N) is 2. The van der Waals surface area contributed by atoms with E-state index in [1.165, 1.54) is 18.4 Å². The molecule has 5 nitrogen and oxygen atoms in total. The average molecular weight is 260 g/mol. The summed E-state index contributed by atoms with van der Waals surface area (Å²) < 4.78 is 5.30. The van der Waals surface area contributed by atoms with Crippen molar-refractivity contribution < 1.29 is 14.3 Å². The molecule has 0 atom stereocenters. The van der Waals surface area contributed by atoms with Gasteiger partial charge in [-0.15, -0.1) is 10.2 Å². The quantitative estimate of drug-likeness (QED) is 0.864. The van der Waals surface area contributed by atoms with Crippen LogP contribution >= 0.6 is 0 Å². The van der Waals surface area contributed by atoms with Crippen molar-refractivity contribution in [3.05, 3.63) is 35.7 Å². The Labute approximate surface area is 111 Å². The number of carboxylic acid groups (broad SMARTS) is 1. The van der Waals surface area contributed by atoms with E-state index in [0.29, 0.717) is 5.89 Å². The lowest BCUT2D eigenvalue weighted by Gasteiger charge is -2.00. The lowest BCUT2D eigenvalue weighted by atomic mass is 10.1. The molecule has 1 aromatic heterocycles. The Morgan fingerprint density at radius 3 is 2.63 bits per heavy atom. The molecule has 0 spiro atoms. The van der Waals surface area contributed by atoms with Crippen molar-refractivity contribution in [1.29, 1.82) is 0 Å². The molecule has 0 aliphatic heterocycles. The van der Waals surface area contributed by atoms with Gasteiger partial charge in [0.05, 0.1) is 0 Å². The van der Waals surface area contributed by atoms with Crippen molar-refractivity contribution in [2.45, 2.75) is 32.6 Å². The summed E-state index contributed by atoms with van der Waals surface area (Å²) in [6.45, 7) is 2.16. The summed E-state index contributed by atoms with van der Waals surface area (Å²) in [4.78, 5) is 10.5. The molecule has 0 bridgehead atoms. The fourth-order valence-corrected chi connectivity index (χ4v) is 1.77. The molecule has 0 saturated heterocycles. The van der Waals surface area contributed by atoms with Crippen molar-refractivity contribution in [3.8, 4) is 11.5 Å². The maximum Gasteiger partial charge on any atom is 0.312 e. The van der Waals surface area contributed by atoms with Gasteiger partial charge in [-0.1, -0.05) is 25.5 Å². The SMILES string of the molecule is CCCCc1ccc(-c2nnc(CC(=O)O)o2)cc1. The standard InChI is InChI=1S/C14H16N2O3/c1-2-3-4-10-5-7-11(8-6-10)14-16-15-12(19-14)9-13(17)18/h5-8H,2-4,9H2,1H3,(H,17,18). The molecular formula is C14H16N2O3. The van der Waals surface area contributed by atoms with E-state index in [-0.39, 0.29) is 12.3 Å². The first-order valence-electron chi connectivity index (χ1n) is 6.32. The Kier molecular flexibility index (Phi) is 4.28. The molecule has 2 rings (SSSR count). The predicted molar refractivity (Wildman–Crippen MR) is 69.7 cm³/mol. The molecule has 5 heteroatoms. The first-order chi connectivity index (χ1) is 9.19. The number of carbonyl (C=O) groups is 1. The van der Waals surface area contributed by atoms with Crippen LogP contribution in [-0.2, 0) is 17.6 Å². The van der Waals surface area contributed by atoms with Crippen LogP contribution in [0.2, 0.25) is 0 Å². The molecule has 2 aromatic rings. The number of aliphatic carboxylic acids is 1. The van der Waals surface area contributed by atoms with Crippen LogP contribution in [0.4, 0.5) is 0 Å². The molecule has 0 fully saturated rings. The second-order valence-electron chi connectivity index (χ2n) is 4.37. The molecule has 0 saturated carbocycles. The van der Waals surface area contributed by atoms with E-state index >= 15 is 0 Å². The lowest BCUT2D eigenvalue weighted by Crippen LogP contribution is -1.99. The zero-order chi connectivity index (χ0) is 13.7. The largest absolute Gasteiger partial charge is 0.481 e. The van der Waals surface area contributed by atoms with E-state index in [2.05, 4.69) is 17.1 Å². The second-order valence-corrected chi connectivity index (χ2v) is 4.37. The van der Waals surface area contributed by atoms with E-state index in [1.807, 2.05) is 24.3 Å². The molecule has 0 amide bonds. The highest BCUT2D eigenvalue weighted by atomic mass is 16.4. The lowest BCUT2D eigenvalue weighted by molar-refractivity contribution is -0.136. The van der Waals surface area contributed by atoms with Gasteiger partial charge in [0.1, 0.15) is 6.42 Å². The minimum atomic E-state index is -0.981. The average Bonchev–Trinajstić information content (AvgIpc) is 2.84. The van der Waals surface area contributed by atoms with Crippen molar-refractivity contribution >= 4 is 5.97 Å². The molecule has 0 aliphatic rings. The molecule has 0 radical (unpaired) electrons. The van der Waals surface area contributed by atoms with Gasteiger partial charge in [-0.05, 0) is 30.5 Å².